The van der Waals surface area contributed by atoms with E-state index in [9.17, 15) is 4.79 Å². The molecule has 132 valence electrons. The van der Waals surface area contributed by atoms with Crippen molar-refractivity contribution in [1.82, 2.24) is 14.7 Å². The number of para-hydroxylation sites is 1. The van der Waals surface area contributed by atoms with Gasteiger partial charge in [0.05, 0.1) is 18.3 Å². The third kappa shape index (κ3) is 3.69. The minimum absolute atomic E-state index is 0.205. The van der Waals surface area contributed by atoms with E-state index < -0.39 is 0 Å². The topological polar surface area (TPSA) is 38.1 Å². The van der Waals surface area contributed by atoms with Gasteiger partial charge in [0.2, 0.25) is 5.91 Å². The number of benzene rings is 2. The first-order valence-electron chi connectivity index (χ1n) is 9.22. The molecule has 1 amide bonds. The highest BCUT2D eigenvalue weighted by molar-refractivity contribution is 5.79. The normalized spacial score (nSPS) is 16.8. The molecule has 2 aromatic carbocycles. The summed E-state index contributed by atoms with van der Waals surface area (Å²) in [6, 6.07) is 20.7. The Morgan fingerprint density at radius 1 is 1.00 bits per heavy atom. The van der Waals surface area contributed by atoms with Gasteiger partial charge in [-0.3, -0.25) is 4.79 Å². The zero-order chi connectivity index (χ0) is 17.8. The summed E-state index contributed by atoms with van der Waals surface area (Å²) in [4.78, 5) is 14.9. The van der Waals surface area contributed by atoms with Crippen LogP contribution in [0.5, 0.6) is 0 Å². The molecule has 4 nitrogen and oxygen atoms in total. The van der Waals surface area contributed by atoms with Gasteiger partial charge >= 0.3 is 0 Å². The molecule has 0 N–H and O–H groups in total. The zero-order valence-electron chi connectivity index (χ0n) is 14.8. The minimum Gasteiger partial charge on any atom is -0.339 e. The summed E-state index contributed by atoms with van der Waals surface area (Å²) in [6.45, 7) is 0.864. The molecule has 1 aromatic heterocycles. The summed E-state index contributed by atoms with van der Waals surface area (Å²) < 4.78 is 1.83. The number of aromatic nitrogens is 2. The number of hydrogen-bond donors (Lipinski definition) is 0. The van der Waals surface area contributed by atoms with Crippen molar-refractivity contribution in [3.63, 3.8) is 0 Å². The van der Waals surface area contributed by atoms with E-state index in [1.165, 1.54) is 5.56 Å². The van der Waals surface area contributed by atoms with E-state index in [-0.39, 0.29) is 5.91 Å². The number of amides is 1. The SMILES string of the molecule is O=C(Cc1cnn(-c2ccccc2)c1)N1CCCC1Cc1ccccc1. The van der Waals surface area contributed by atoms with E-state index in [0.29, 0.717) is 12.5 Å². The zero-order valence-corrected chi connectivity index (χ0v) is 14.8. The van der Waals surface area contributed by atoms with Gasteiger partial charge < -0.3 is 4.90 Å². The summed E-state index contributed by atoms with van der Waals surface area (Å²) in [5.74, 6) is 0.205. The van der Waals surface area contributed by atoms with Crippen LogP contribution in [0.2, 0.25) is 0 Å². The average Bonchev–Trinajstić information content (AvgIpc) is 3.33. The lowest BCUT2D eigenvalue weighted by Gasteiger charge is -2.24. The first-order chi connectivity index (χ1) is 12.8. The summed E-state index contributed by atoms with van der Waals surface area (Å²) in [5, 5.41) is 4.40. The van der Waals surface area contributed by atoms with Crippen molar-refractivity contribution in [1.29, 1.82) is 0 Å². The lowest BCUT2D eigenvalue weighted by Crippen LogP contribution is -2.37. The van der Waals surface area contributed by atoms with Gasteiger partial charge in [0.15, 0.2) is 0 Å². The smallest absolute Gasteiger partial charge is 0.227 e. The number of rotatable bonds is 5. The van der Waals surface area contributed by atoms with Crippen LogP contribution in [0.1, 0.15) is 24.0 Å². The maximum absolute atomic E-state index is 12.9. The predicted molar refractivity (Wildman–Crippen MR) is 102 cm³/mol. The molecule has 1 unspecified atom stereocenters. The van der Waals surface area contributed by atoms with Crippen molar-refractivity contribution >= 4 is 5.91 Å². The first kappa shape index (κ1) is 16.6. The molecule has 0 spiro atoms. The second-order valence-electron chi connectivity index (χ2n) is 6.88. The molecule has 1 atom stereocenters. The molecule has 2 heterocycles. The fraction of sp³-hybridized carbons (Fsp3) is 0.273. The Morgan fingerprint density at radius 2 is 1.73 bits per heavy atom. The lowest BCUT2D eigenvalue weighted by atomic mass is 10.0. The van der Waals surface area contributed by atoms with Crippen LogP contribution >= 0.6 is 0 Å². The van der Waals surface area contributed by atoms with Crippen molar-refractivity contribution in [2.75, 3.05) is 6.54 Å². The maximum atomic E-state index is 12.9. The number of hydrogen-bond acceptors (Lipinski definition) is 2. The quantitative estimate of drug-likeness (QED) is 0.708. The Hall–Kier alpha value is -2.88. The van der Waals surface area contributed by atoms with Crippen molar-refractivity contribution in [3.05, 3.63) is 84.2 Å². The largest absolute Gasteiger partial charge is 0.339 e. The van der Waals surface area contributed by atoms with Crippen molar-refractivity contribution in [2.45, 2.75) is 31.7 Å². The van der Waals surface area contributed by atoms with E-state index in [4.69, 9.17) is 0 Å². The number of carbonyl (C=O) groups is 1. The Kier molecular flexibility index (Phi) is 4.82. The van der Waals surface area contributed by atoms with Crippen LogP contribution in [0.25, 0.3) is 5.69 Å². The Bertz CT molecular complexity index is 857. The lowest BCUT2D eigenvalue weighted by molar-refractivity contribution is -0.131. The van der Waals surface area contributed by atoms with Gasteiger partial charge in [0, 0.05) is 18.8 Å². The fourth-order valence-corrected chi connectivity index (χ4v) is 3.71. The molecule has 0 radical (unpaired) electrons. The Morgan fingerprint density at radius 3 is 2.50 bits per heavy atom. The molecule has 1 aliphatic rings. The van der Waals surface area contributed by atoms with Crippen LogP contribution in [-0.4, -0.2) is 33.2 Å². The standard InChI is InChI=1S/C22H23N3O/c26-22(15-19-16-23-25(17-19)20-10-5-2-6-11-20)24-13-7-12-21(24)14-18-8-3-1-4-9-18/h1-6,8-11,16-17,21H,7,12-15H2. The summed E-state index contributed by atoms with van der Waals surface area (Å²) in [6.07, 6.45) is 7.28. The molecular weight excluding hydrogens is 322 g/mol. The summed E-state index contributed by atoms with van der Waals surface area (Å²) >= 11 is 0. The van der Waals surface area contributed by atoms with Crippen molar-refractivity contribution < 1.29 is 4.79 Å². The van der Waals surface area contributed by atoms with Crippen LogP contribution in [-0.2, 0) is 17.6 Å². The maximum Gasteiger partial charge on any atom is 0.227 e. The third-order valence-corrected chi connectivity index (χ3v) is 5.02. The Balaban J connectivity index is 1.42. The van der Waals surface area contributed by atoms with E-state index >= 15 is 0 Å². The average molecular weight is 345 g/mol. The molecule has 0 bridgehead atoms. The number of likely N-dealkylation sites (tertiary alicyclic amines) is 1. The molecule has 1 fully saturated rings. The van der Waals surface area contributed by atoms with Gasteiger partial charge in [-0.1, -0.05) is 48.5 Å². The molecule has 3 aromatic rings. The monoisotopic (exact) mass is 345 g/mol. The van der Waals surface area contributed by atoms with Crippen LogP contribution in [0.15, 0.2) is 73.1 Å². The highest BCUT2D eigenvalue weighted by Gasteiger charge is 2.28. The van der Waals surface area contributed by atoms with E-state index in [1.807, 2.05) is 47.3 Å². The van der Waals surface area contributed by atoms with Crippen LogP contribution in [0.3, 0.4) is 0 Å². The second-order valence-corrected chi connectivity index (χ2v) is 6.88. The molecular formula is C22H23N3O. The molecule has 0 aliphatic carbocycles. The molecule has 1 aliphatic heterocycles. The van der Waals surface area contributed by atoms with E-state index in [1.54, 1.807) is 6.20 Å². The van der Waals surface area contributed by atoms with Gasteiger partial charge in [-0.2, -0.15) is 5.10 Å². The van der Waals surface area contributed by atoms with Gasteiger partial charge in [0.1, 0.15) is 0 Å². The Labute approximate surface area is 154 Å². The first-order valence-corrected chi connectivity index (χ1v) is 9.22. The van der Waals surface area contributed by atoms with Gasteiger partial charge in [-0.25, -0.2) is 4.68 Å². The van der Waals surface area contributed by atoms with Crippen molar-refractivity contribution in [2.24, 2.45) is 0 Å². The fourth-order valence-electron chi connectivity index (χ4n) is 3.71. The van der Waals surface area contributed by atoms with Gasteiger partial charge in [-0.15, -0.1) is 0 Å². The number of nitrogens with zero attached hydrogens (tertiary/aromatic N) is 3. The van der Waals surface area contributed by atoms with Crippen LogP contribution in [0, 0.1) is 0 Å². The predicted octanol–water partition coefficient (Wildman–Crippen LogP) is 3.65. The molecule has 1 saturated heterocycles. The molecule has 4 heteroatoms. The highest BCUT2D eigenvalue weighted by Crippen LogP contribution is 2.22. The molecule has 0 saturated carbocycles. The van der Waals surface area contributed by atoms with Gasteiger partial charge in [0.25, 0.3) is 0 Å². The summed E-state index contributed by atoms with van der Waals surface area (Å²) in [7, 11) is 0. The molecule has 26 heavy (non-hydrogen) atoms. The van der Waals surface area contributed by atoms with Crippen LogP contribution in [0.4, 0.5) is 0 Å². The van der Waals surface area contributed by atoms with E-state index in [0.717, 1.165) is 37.1 Å². The van der Waals surface area contributed by atoms with E-state index in [2.05, 4.69) is 34.3 Å². The second kappa shape index (κ2) is 7.56. The van der Waals surface area contributed by atoms with Crippen molar-refractivity contribution in [3.8, 4) is 5.69 Å². The van der Waals surface area contributed by atoms with Crippen LogP contribution < -0.4 is 0 Å². The minimum atomic E-state index is 0.205. The van der Waals surface area contributed by atoms with Gasteiger partial charge in [-0.05, 0) is 42.5 Å². The highest BCUT2D eigenvalue weighted by atomic mass is 16.2. The molecule has 4 rings (SSSR count). The third-order valence-electron chi connectivity index (χ3n) is 5.02. The number of carbonyl (C=O) groups excluding carboxylic acids is 1. The summed E-state index contributed by atoms with van der Waals surface area (Å²) in [5.41, 5.74) is 3.27.